The number of nitrogens with zero attached hydrogens (tertiary/aromatic N) is 1. The fourth-order valence-corrected chi connectivity index (χ4v) is 4.74. The number of carbonyl (C=O) groups excluding carboxylic acids is 2. The standard InChI is InChI=1S/C24H30N2O2S/c1-5-8-17-9-6-7-10-20(17)26-22(28)16-29-23(26)18-11-13-19(14-12-18)25-21(27)15-24(2,3)4/h6-7,9-14,23H,5,8,15-16H2,1-4H3,(H,25,27)/t23-/m0/s1. The lowest BCUT2D eigenvalue weighted by molar-refractivity contribution is -0.118. The molecule has 29 heavy (non-hydrogen) atoms. The third-order valence-electron chi connectivity index (χ3n) is 4.81. The van der Waals surface area contributed by atoms with Crippen LogP contribution in [-0.2, 0) is 16.0 Å². The summed E-state index contributed by atoms with van der Waals surface area (Å²) >= 11 is 1.65. The molecule has 2 aromatic rings. The first kappa shape index (κ1) is 21.4. The molecule has 2 aromatic carbocycles. The Kier molecular flexibility index (Phi) is 6.68. The Hall–Kier alpha value is -2.27. The highest BCUT2D eigenvalue weighted by Crippen LogP contribution is 2.43. The number of hydrogen-bond acceptors (Lipinski definition) is 3. The number of nitrogens with one attached hydrogen (secondary N) is 1. The zero-order valence-electron chi connectivity index (χ0n) is 17.7. The van der Waals surface area contributed by atoms with Crippen LogP contribution >= 0.6 is 11.8 Å². The van der Waals surface area contributed by atoms with Crippen molar-refractivity contribution in [3.63, 3.8) is 0 Å². The number of carbonyl (C=O) groups is 2. The molecule has 1 fully saturated rings. The highest BCUT2D eigenvalue weighted by Gasteiger charge is 2.35. The van der Waals surface area contributed by atoms with Gasteiger partial charge in [0.1, 0.15) is 5.37 Å². The summed E-state index contributed by atoms with van der Waals surface area (Å²) in [4.78, 5) is 26.8. The van der Waals surface area contributed by atoms with Crippen molar-refractivity contribution in [1.29, 1.82) is 0 Å². The number of hydrogen-bond donors (Lipinski definition) is 1. The summed E-state index contributed by atoms with van der Waals surface area (Å²) in [5.74, 6) is 0.645. The molecule has 0 spiro atoms. The lowest BCUT2D eigenvalue weighted by Gasteiger charge is -2.26. The van der Waals surface area contributed by atoms with E-state index in [1.165, 1.54) is 5.56 Å². The minimum absolute atomic E-state index is 0.0192. The maximum atomic E-state index is 12.7. The number of rotatable bonds is 6. The maximum Gasteiger partial charge on any atom is 0.238 e. The first-order valence-corrected chi connectivity index (χ1v) is 11.2. The Morgan fingerprint density at radius 1 is 1.14 bits per heavy atom. The molecular weight excluding hydrogens is 380 g/mol. The van der Waals surface area contributed by atoms with Crippen molar-refractivity contribution in [1.82, 2.24) is 0 Å². The van der Waals surface area contributed by atoms with Crippen LogP contribution in [0.1, 0.15) is 57.0 Å². The quantitative estimate of drug-likeness (QED) is 0.655. The number of para-hydroxylation sites is 1. The van der Waals surface area contributed by atoms with Gasteiger partial charge >= 0.3 is 0 Å². The molecule has 1 saturated heterocycles. The lowest BCUT2D eigenvalue weighted by Crippen LogP contribution is -2.28. The molecule has 0 aliphatic carbocycles. The Balaban J connectivity index is 1.79. The van der Waals surface area contributed by atoms with Crippen LogP contribution in [0.4, 0.5) is 11.4 Å². The van der Waals surface area contributed by atoms with E-state index >= 15 is 0 Å². The Morgan fingerprint density at radius 3 is 2.48 bits per heavy atom. The van der Waals surface area contributed by atoms with Gasteiger partial charge in [-0.1, -0.05) is 64.4 Å². The smallest absolute Gasteiger partial charge is 0.238 e. The van der Waals surface area contributed by atoms with Crippen LogP contribution in [0.15, 0.2) is 48.5 Å². The van der Waals surface area contributed by atoms with Crippen molar-refractivity contribution >= 4 is 35.0 Å². The number of anilines is 2. The topological polar surface area (TPSA) is 49.4 Å². The molecule has 4 nitrogen and oxygen atoms in total. The van der Waals surface area contributed by atoms with Gasteiger partial charge in [0.15, 0.2) is 0 Å². The average Bonchev–Trinajstić information content (AvgIpc) is 3.03. The summed E-state index contributed by atoms with van der Waals surface area (Å²) in [6.45, 7) is 8.31. The minimum Gasteiger partial charge on any atom is -0.326 e. The maximum absolute atomic E-state index is 12.7. The van der Waals surface area contributed by atoms with E-state index in [-0.39, 0.29) is 22.6 Å². The Bertz CT molecular complexity index is 871. The second-order valence-corrected chi connectivity index (χ2v) is 9.78. The van der Waals surface area contributed by atoms with Crippen LogP contribution in [0.5, 0.6) is 0 Å². The van der Waals surface area contributed by atoms with E-state index in [1.54, 1.807) is 11.8 Å². The van der Waals surface area contributed by atoms with E-state index in [0.29, 0.717) is 12.2 Å². The molecule has 0 aromatic heterocycles. The largest absolute Gasteiger partial charge is 0.326 e. The van der Waals surface area contributed by atoms with Crippen molar-refractivity contribution in [2.75, 3.05) is 16.0 Å². The molecule has 0 saturated carbocycles. The van der Waals surface area contributed by atoms with Gasteiger partial charge in [-0.05, 0) is 41.2 Å². The molecular formula is C24H30N2O2S. The molecule has 154 valence electrons. The van der Waals surface area contributed by atoms with Gasteiger partial charge in [-0.25, -0.2) is 0 Å². The predicted molar refractivity (Wildman–Crippen MR) is 122 cm³/mol. The Labute approximate surface area is 178 Å². The van der Waals surface area contributed by atoms with Gasteiger partial charge in [0, 0.05) is 17.8 Å². The normalized spacial score (nSPS) is 16.9. The monoisotopic (exact) mass is 410 g/mol. The fraction of sp³-hybridized carbons (Fsp3) is 0.417. The summed E-state index contributed by atoms with van der Waals surface area (Å²) in [5.41, 5.74) is 4.03. The van der Waals surface area contributed by atoms with Crippen LogP contribution < -0.4 is 10.2 Å². The molecule has 0 unspecified atom stereocenters. The first-order valence-electron chi connectivity index (χ1n) is 10.2. The number of aryl methyl sites for hydroxylation is 1. The molecule has 1 aliphatic rings. The summed E-state index contributed by atoms with van der Waals surface area (Å²) < 4.78 is 0. The molecule has 1 atom stereocenters. The third kappa shape index (κ3) is 5.41. The highest BCUT2D eigenvalue weighted by atomic mass is 32.2. The van der Waals surface area contributed by atoms with E-state index in [4.69, 9.17) is 0 Å². The van der Waals surface area contributed by atoms with E-state index < -0.39 is 0 Å². The zero-order valence-corrected chi connectivity index (χ0v) is 18.5. The van der Waals surface area contributed by atoms with Gasteiger partial charge in [-0.2, -0.15) is 0 Å². The third-order valence-corrected chi connectivity index (χ3v) is 6.02. The average molecular weight is 411 g/mol. The van der Waals surface area contributed by atoms with Crippen molar-refractivity contribution in [2.45, 2.75) is 52.3 Å². The number of thioether (sulfide) groups is 1. The Morgan fingerprint density at radius 2 is 1.83 bits per heavy atom. The lowest BCUT2D eigenvalue weighted by atomic mass is 9.92. The molecule has 0 bridgehead atoms. The summed E-state index contributed by atoms with van der Waals surface area (Å²) in [6, 6.07) is 16.1. The van der Waals surface area contributed by atoms with Gasteiger partial charge < -0.3 is 5.32 Å². The fourth-order valence-electron chi connectivity index (χ4n) is 3.58. The van der Waals surface area contributed by atoms with Crippen LogP contribution in [0.2, 0.25) is 0 Å². The van der Waals surface area contributed by atoms with E-state index in [2.05, 4.69) is 39.1 Å². The molecule has 0 radical (unpaired) electrons. The molecule has 1 N–H and O–H groups in total. The molecule has 1 aliphatic heterocycles. The SMILES string of the molecule is CCCc1ccccc1N1C(=O)CS[C@H]1c1ccc(NC(=O)CC(C)(C)C)cc1. The second kappa shape index (κ2) is 9.04. The molecule has 3 rings (SSSR count). The first-order chi connectivity index (χ1) is 13.8. The molecule has 5 heteroatoms. The van der Waals surface area contributed by atoms with Gasteiger partial charge in [-0.15, -0.1) is 11.8 Å². The zero-order chi connectivity index (χ0) is 21.0. The van der Waals surface area contributed by atoms with Crippen LogP contribution in [-0.4, -0.2) is 17.6 Å². The van der Waals surface area contributed by atoms with Crippen molar-refractivity contribution in [3.8, 4) is 0 Å². The molecule has 1 heterocycles. The van der Waals surface area contributed by atoms with Gasteiger partial charge in [0.2, 0.25) is 11.8 Å². The van der Waals surface area contributed by atoms with Gasteiger partial charge in [-0.3, -0.25) is 14.5 Å². The number of amides is 2. The van der Waals surface area contributed by atoms with Crippen molar-refractivity contribution in [3.05, 3.63) is 59.7 Å². The van der Waals surface area contributed by atoms with Gasteiger partial charge in [0.05, 0.1) is 5.75 Å². The number of benzene rings is 2. The molecule has 2 amide bonds. The summed E-state index contributed by atoms with van der Waals surface area (Å²) in [6.07, 6.45) is 2.47. The van der Waals surface area contributed by atoms with E-state index in [0.717, 1.165) is 29.8 Å². The van der Waals surface area contributed by atoms with E-state index in [1.807, 2.05) is 47.4 Å². The van der Waals surface area contributed by atoms with Crippen LogP contribution in [0.25, 0.3) is 0 Å². The van der Waals surface area contributed by atoms with Crippen molar-refractivity contribution < 1.29 is 9.59 Å². The second-order valence-electron chi connectivity index (χ2n) is 8.71. The minimum atomic E-state index is -0.0444. The highest BCUT2D eigenvalue weighted by molar-refractivity contribution is 8.00. The van der Waals surface area contributed by atoms with Crippen LogP contribution in [0.3, 0.4) is 0 Å². The summed E-state index contributed by atoms with van der Waals surface area (Å²) in [5, 5.41) is 2.93. The predicted octanol–water partition coefficient (Wildman–Crippen LogP) is 5.79. The van der Waals surface area contributed by atoms with Crippen LogP contribution in [0, 0.1) is 5.41 Å². The van der Waals surface area contributed by atoms with Gasteiger partial charge in [0.25, 0.3) is 0 Å². The summed E-state index contributed by atoms with van der Waals surface area (Å²) in [7, 11) is 0. The van der Waals surface area contributed by atoms with Crippen molar-refractivity contribution in [2.24, 2.45) is 5.41 Å². The van der Waals surface area contributed by atoms with E-state index in [9.17, 15) is 9.59 Å².